The van der Waals surface area contributed by atoms with E-state index in [2.05, 4.69) is 5.10 Å². The minimum atomic E-state index is -2.65. The van der Waals surface area contributed by atoms with E-state index in [1.54, 1.807) is 36.4 Å². The van der Waals surface area contributed by atoms with Crippen molar-refractivity contribution in [3.05, 3.63) is 68.8 Å². The number of nitrogens with zero attached hydrogens (tertiary/aromatic N) is 2. The zero-order valence-electron chi connectivity index (χ0n) is 14.9. The van der Waals surface area contributed by atoms with E-state index in [1.165, 1.54) is 10.7 Å². The molecular formula is C17H10Cl4N2O. The molecule has 122 valence electrons. The van der Waals surface area contributed by atoms with Crippen LogP contribution in [0.4, 0.5) is 0 Å². The number of halogens is 4. The van der Waals surface area contributed by atoms with Crippen molar-refractivity contribution < 1.29 is 8.91 Å². The van der Waals surface area contributed by atoms with E-state index in [4.69, 9.17) is 50.5 Å². The van der Waals surface area contributed by atoms with Crippen molar-refractivity contribution in [2.24, 2.45) is 0 Å². The van der Waals surface area contributed by atoms with Gasteiger partial charge in [-0.15, -0.1) is 0 Å². The van der Waals surface area contributed by atoms with Crippen molar-refractivity contribution in [1.29, 1.82) is 0 Å². The van der Waals surface area contributed by atoms with Crippen molar-refractivity contribution in [3.8, 4) is 16.9 Å². The van der Waals surface area contributed by atoms with Crippen LogP contribution in [0.3, 0.4) is 0 Å². The predicted octanol–water partition coefficient (Wildman–Crippen LogP) is 6.19. The zero-order valence-corrected chi connectivity index (χ0v) is 14.9. The summed E-state index contributed by atoms with van der Waals surface area (Å²) >= 11 is 23.8. The van der Waals surface area contributed by atoms with Crippen LogP contribution in [0.15, 0.2) is 42.5 Å². The molecule has 24 heavy (non-hydrogen) atoms. The second-order valence-corrected chi connectivity index (χ2v) is 6.48. The van der Waals surface area contributed by atoms with Gasteiger partial charge in [0.05, 0.1) is 16.4 Å². The Morgan fingerprint density at radius 3 is 2.33 bits per heavy atom. The highest BCUT2D eigenvalue weighted by Gasteiger charge is 2.22. The summed E-state index contributed by atoms with van der Waals surface area (Å²) in [6, 6.07) is 11.1. The van der Waals surface area contributed by atoms with Gasteiger partial charge in [-0.05, 0) is 48.8 Å². The first kappa shape index (κ1) is 13.7. The third-order valence-electron chi connectivity index (χ3n) is 3.33. The number of benzene rings is 2. The van der Waals surface area contributed by atoms with Crippen molar-refractivity contribution in [1.82, 2.24) is 9.78 Å². The lowest BCUT2D eigenvalue weighted by Crippen LogP contribution is -2.01. The lowest BCUT2D eigenvalue weighted by molar-refractivity contribution is 0.107. The molecule has 0 unspecified atom stereocenters. The lowest BCUT2D eigenvalue weighted by Gasteiger charge is -2.11. The maximum Gasteiger partial charge on any atom is 0.273 e. The molecular weight excluding hydrogens is 390 g/mol. The number of hydrogen-bond donors (Lipinski definition) is 0. The predicted molar refractivity (Wildman–Crippen MR) is 99.0 cm³/mol. The molecule has 3 rings (SSSR count). The van der Waals surface area contributed by atoms with Crippen molar-refractivity contribution in [2.45, 2.75) is 6.85 Å². The van der Waals surface area contributed by atoms with Gasteiger partial charge in [-0.1, -0.05) is 46.9 Å². The highest BCUT2D eigenvalue weighted by molar-refractivity contribution is 6.67. The first-order valence-electron chi connectivity index (χ1n) is 8.14. The maximum atomic E-state index is 11.9. The minimum Gasteiger partial charge on any atom is -0.274 e. The Labute approximate surface area is 162 Å². The van der Waals surface area contributed by atoms with Crippen LogP contribution in [0, 0.1) is 6.85 Å². The molecule has 0 atom stereocenters. The van der Waals surface area contributed by atoms with E-state index in [-0.39, 0.29) is 22.0 Å². The molecule has 0 fully saturated rings. The largest absolute Gasteiger partial charge is 0.274 e. The fourth-order valence-corrected chi connectivity index (χ4v) is 3.00. The fourth-order valence-electron chi connectivity index (χ4n) is 2.26. The van der Waals surface area contributed by atoms with Crippen LogP contribution in [0.25, 0.3) is 16.9 Å². The highest BCUT2D eigenvalue weighted by atomic mass is 35.5. The number of hydrogen-bond acceptors (Lipinski definition) is 2. The summed E-state index contributed by atoms with van der Waals surface area (Å²) in [6.07, 6.45) is 0. The summed E-state index contributed by atoms with van der Waals surface area (Å²) in [5.41, 5.74) is 0.359. The monoisotopic (exact) mass is 401 g/mol. The smallest absolute Gasteiger partial charge is 0.273 e. The summed E-state index contributed by atoms with van der Waals surface area (Å²) in [6.45, 7) is -2.65. The SMILES string of the molecule is [2H]C([2H])([2H])c1c(C(=O)Cl)nn(-c2ccc(Cl)cc2Cl)c1-c1ccc(Cl)cc1. The average molecular weight is 403 g/mol. The Morgan fingerprint density at radius 1 is 1.08 bits per heavy atom. The van der Waals surface area contributed by atoms with Gasteiger partial charge in [0, 0.05) is 25.3 Å². The second-order valence-electron chi connectivity index (χ2n) is 4.86. The molecule has 0 saturated carbocycles. The standard InChI is InChI=1S/C17H10Cl4N2O/c1-9-15(17(21)24)22-23(14-7-6-12(19)8-13(14)20)16(9)10-2-4-11(18)5-3-10/h2-8H,1H3/i1D3. The molecule has 3 aromatic rings. The van der Waals surface area contributed by atoms with E-state index in [9.17, 15) is 4.79 Å². The van der Waals surface area contributed by atoms with Gasteiger partial charge in [-0.2, -0.15) is 5.10 Å². The summed E-state index contributed by atoms with van der Waals surface area (Å²) in [4.78, 5) is 11.9. The summed E-state index contributed by atoms with van der Waals surface area (Å²) in [7, 11) is 0. The van der Waals surface area contributed by atoms with E-state index in [1.807, 2.05) is 0 Å². The molecule has 0 bridgehead atoms. The van der Waals surface area contributed by atoms with E-state index >= 15 is 0 Å². The summed E-state index contributed by atoms with van der Waals surface area (Å²) in [5.74, 6) is 0. The fraction of sp³-hybridized carbons (Fsp3) is 0.0588. The maximum absolute atomic E-state index is 11.9. The van der Waals surface area contributed by atoms with Gasteiger partial charge in [-0.25, -0.2) is 4.68 Å². The Bertz CT molecular complexity index is 1030. The molecule has 3 nitrogen and oxygen atoms in total. The quantitative estimate of drug-likeness (QED) is 0.489. The molecule has 1 aromatic heterocycles. The summed E-state index contributed by atoms with van der Waals surface area (Å²) in [5, 5.41) is 4.26. The molecule has 0 saturated heterocycles. The number of aromatic nitrogens is 2. The second kappa shape index (κ2) is 6.77. The Hall–Kier alpha value is -1.52. The molecule has 0 amide bonds. The van der Waals surface area contributed by atoms with Crippen molar-refractivity contribution >= 4 is 51.6 Å². The highest BCUT2D eigenvalue weighted by Crippen LogP contribution is 2.33. The third kappa shape index (κ3) is 3.17. The number of rotatable bonds is 3. The molecule has 1 heterocycles. The molecule has 0 spiro atoms. The van der Waals surface area contributed by atoms with Gasteiger partial charge in [0.15, 0.2) is 0 Å². The lowest BCUT2D eigenvalue weighted by atomic mass is 10.1. The van der Waals surface area contributed by atoms with Crippen LogP contribution in [0.1, 0.15) is 20.2 Å². The van der Waals surface area contributed by atoms with Crippen LogP contribution in [-0.4, -0.2) is 15.0 Å². The molecule has 0 aliphatic rings. The number of carbonyl (C=O) groups excluding carboxylic acids is 1. The molecule has 0 N–H and O–H groups in total. The van der Waals surface area contributed by atoms with Gasteiger partial charge in [0.2, 0.25) is 0 Å². The topological polar surface area (TPSA) is 34.9 Å². The van der Waals surface area contributed by atoms with Gasteiger partial charge < -0.3 is 0 Å². The molecule has 7 heteroatoms. The van der Waals surface area contributed by atoms with Gasteiger partial charge in [0.25, 0.3) is 5.24 Å². The first-order chi connectivity index (χ1) is 12.6. The average Bonchev–Trinajstić information content (AvgIpc) is 2.96. The normalized spacial score (nSPS) is 13.2. The number of carbonyl (C=O) groups is 1. The van der Waals surface area contributed by atoms with E-state index < -0.39 is 12.1 Å². The Kier molecular flexibility index (Phi) is 3.87. The van der Waals surface area contributed by atoms with Crippen molar-refractivity contribution in [3.63, 3.8) is 0 Å². The zero-order chi connectivity index (χ0) is 19.9. The molecule has 0 radical (unpaired) electrons. The third-order valence-corrected chi connectivity index (χ3v) is 4.30. The summed E-state index contributed by atoms with van der Waals surface area (Å²) < 4.78 is 25.0. The van der Waals surface area contributed by atoms with E-state index in [0.717, 1.165) is 0 Å². The van der Waals surface area contributed by atoms with Crippen LogP contribution >= 0.6 is 46.4 Å². The molecule has 0 aliphatic carbocycles. The van der Waals surface area contributed by atoms with Crippen LogP contribution < -0.4 is 0 Å². The van der Waals surface area contributed by atoms with Crippen molar-refractivity contribution in [2.75, 3.05) is 0 Å². The molecule has 0 aliphatic heterocycles. The van der Waals surface area contributed by atoms with Crippen LogP contribution in [-0.2, 0) is 0 Å². The van der Waals surface area contributed by atoms with Gasteiger partial charge in [-0.3, -0.25) is 4.79 Å². The van der Waals surface area contributed by atoms with E-state index in [0.29, 0.717) is 21.3 Å². The van der Waals surface area contributed by atoms with Crippen LogP contribution in [0.2, 0.25) is 15.1 Å². The Balaban J connectivity index is 2.42. The first-order valence-corrected chi connectivity index (χ1v) is 8.15. The Morgan fingerprint density at radius 2 is 1.75 bits per heavy atom. The van der Waals surface area contributed by atoms with Gasteiger partial charge >= 0.3 is 0 Å². The van der Waals surface area contributed by atoms with Crippen LogP contribution in [0.5, 0.6) is 0 Å². The minimum absolute atomic E-state index is 0.167. The molecule has 2 aromatic carbocycles. The van der Waals surface area contributed by atoms with Gasteiger partial charge in [0.1, 0.15) is 5.69 Å².